The number of carbonyl (C=O) groups is 1. The van der Waals surface area contributed by atoms with Gasteiger partial charge in [0.2, 0.25) is 5.91 Å². The topological polar surface area (TPSA) is 48.5 Å². The molecular formula is C21H26N4OS2. The highest BCUT2D eigenvalue weighted by Gasteiger charge is 2.25. The van der Waals surface area contributed by atoms with E-state index >= 15 is 0 Å². The van der Waals surface area contributed by atoms with Crippen LogP contribution < -0.4 is 5.32 Å². The number of thiophene rings is 1. The number of amides is 1. The first-order valence-corrected chi connectivity index (χ1v) is 11.5. The molecule has 1 aliphatic rings. The molecule has 0 spiro atoms. The fraction of sp³-hybridized carbons (Fsp3) is 0.429. The lowest BCUT2D eigenvalue weighted by Gasteiger charge is -2.37. The molecular weight excluding hydrogens is 388 g/mol. The minimum absolute atomic E-state index is 0.0760. The molecule has 1 atom stereocenters. The summed E-state index contributed by atoms with van der Waals surface area (Å²) in [5.41, 5.74) is 1.09. The molecule has 1 amide bonds. The molecule has 0 bridgehead atoms. The quantitative estimate of drug-likeness (QED) is 0.645. The Labute approximate surface area is 174 Å². The first-order chi connectivity index (χ1) is 13.7. The predicted molar refractivity (Wildman–Crippen MR) is 117 cm³/mol. The number of carbonyl (C=O) groups excluding carboxylic acids is 1. The van der Waals surface area contributed by atoms with Gasteiger partial charge in [-0.15, -0.1) is 22.7 Å². The van der Waals surface area contributed by atoms with Crippen molar-refractivity contribution in [1.29, 1.82) is 0 Å². The van der Waals surface area contributed by atoms with E-state index in [4.69, 9.17) is 4.98 Å². The van der Waals surface area contributed by atoms with Gasteiger partial charge in [0.15, 0.2) is 0 Å². The van der Waals surface area contributed by atoms with Crippen LogP contribution in [0.5, 0.6) is 0 Å². The minimum Gasteiger partial charge on any atom is -0.354 e. The summed E-state index contributed by atoms with van der Waals surface area (Å²) in [6.07, 6.45) is 0.909. The molecule has 148 valence electrons. The molecule has 3 heterocycles. The molecule has 5 nitrogen and oxygen atoms in total. The van der Waals surface area contributed by atoms with Gasteiger partial charge in [-0.1, -0.05) is 18.2 Å². The number of aromatic nitrogens is 1. The summed E-state index contributed by atoms with van der Waals surface area (Å²) < 4.78 is 1.25. The monoisotopic (exact) mass is 414 g/mol. The Hall–Kier alpha value is -1.80. The molecule has 0 radical (unpaired) electrons. The number of fused-ring (bicyclic) bond motifs is 1. The van der Waals surface area contributed by atoms with Crippen LogP contribution in [0.25, 0.3) is 10.2 Å². The van der Waals surface area contributed by atoms with Crippen LogP contribution in [0, 0.1) is 0 Å². The fourth-order valence-electron chi connectivity index (χ4n) is 3.56. The summed E-state index contributed by atoms with van der Waals surface area (Å²) in [7, 11) is 0. The zero-order chi connectivity index (χ0) is 19.3. The van der Waals surface area contributed by atoms with Gasteiger partial charge >= 0.3 is 0 Å². The zero-order valence-corrected chi connectivity index (χ0v) is 17.8. The van der Waals surface area contributed by atoms with Crippen molar-refractivity contribution in [2.75, 3.05) is 32.7 Å². The zero-order valence-electron chi connectivity index (χ0n) is 16.1. The molecule has 0 unspecified atom stereocenters. The SMILES string of the molecule is C[C@@H](C(=O)NCCc1cccs1)N1CCN(Cc2nc3ccccc3s2)CC1. The third kappa shape index (κ3) is 4.78. The molecule has 3 aromatic rings. The third-order valence-corrected chi connectivity index (χ3v) is 7.24. The number of benzene rings is 1. The Morgan fingerprint density at radius 1 is 1.18 bits per heavy atom. The molecule has 0 saturated carbocycles. The highest BCUT2D eigenvalue weighted by Crippen LogP contribution is 2.23. The van der Waals surface area contributed by atoms with Crippen molar-refractivity contribution in [2.45, 2.75) is 25.9 Å². The van der Waals surface area contributed by atoms with Gasteiger partial charge in [-0.2, -0.15) is 0 Å². The van der Waals surface area contributed by atoms with Crippen LogP contribution in [-0.4, -0.2) is 59.5 Å². The maximum Gasteiger partial charge on any atom is 0.237 e. The van der Waals surface area contributed by atoms with Crippen molar-refractivity contribution in [3.63, 3.8) is 0 Å². The summed E-state index contributed by atoms with van der Waals surface area (Å²) in [5.74, 6) is 0.135. The Morgan fingerprint density at radius 2 is 2.00 bits per heavy atom. The van der Waals surface area contributed by atoms with E-state index in [0.717, 1.165) is 44.7 Å². The normalized spacial score (nSPS) is 17.0. The van der Waals surface area contributed by atoms with E-state index < -0.39 is 0 Å². The van der Waals surface area contributed by atoms with Gasteiger partial charge in [-0.05, 0) is 36.9 Å². The molecule has 28 heavy (non-hydrogen) atoms. The summed E-state index contributed by atoms with van der Waals surface area (Å²) in [4.78, 5) is 23.3. The lowest BCUT2D eigenvalue weighted by molar-refractivity contribution is -0.126. The van der Waals surface area contributed by atoms with Gasteiger partial charge in [0.1, 0.15) is 5.01 Å². The maximum atomic E-state index is 12.5. The summed E-state index contributed by atoms with van der Waals surface area (Å²) in [5, 5.41) is 6.34. The number of thiazole rings is 1. The van der Waals surface area contributed by atoms with Gasteiger partial charge in [0, 0.05) is 37.6 Å². The third-order valence-electron chi connectivity index (χ3n) is 5.28. The lowest BCUT2D eigenvalue weighted by Crippen LogP contribution is -2.53. The Kier molecular flexibility index (Phi) is 6.36. The van der Waals surface area contributed by atoms with E-state index in [0.29, 0.717) is 6.54 Å². The Bertz CT molecular complexity index is 867. The number of nitrogens with zero attached hydrogens (tertiary/aromatic N) is 3. The smallest absolute Gasteiger partial charge is 0.237 e. The van der Waals surface area contributed by atoms with E-state index in [2.05, 4.69) is 50.8 Å². The van der Waals surface area contributed by atoms with Crippen molar-refractivity contribution in [3.8, 4) is 0 Å². The van der Waals surface area contributed by atoms with Crippen LogP contribution in [0.4, 0.5) is 0 Å². The highest BCUT2D eigenvalue weighted by atomic mass is 32.1. The number of para-hydroxylation sites is 1. The summed E-state index contributed by atoms with van der Waals surface area (Å²) >= 11 is 3.52. The molecule has 1 saturated heterocycles. The van der Waals surface area contributed by atoms with Gasteiger partial charge in [0.25, 0.3) is 0 Å². The molecule has 1 aromatic carbocycles. The van der Waals surface area contributed by atoms with Crippen molar-refractivity contribution >= 4 is 38.8 Å². The van der Waals surface area contributed by atoms with Crippen molar-refractivity contribution in [2.24, 2.45) is 0 Å². The second-order valence-corrected chi connectivity index (χ2v) is 9.33. The summed E-state index contributed by atoms with van der Waals surface area (Å²) in [6, 6.07) is 12.4. The van der Waals surface area contributed by atoms with Gasteiger partial charge < -0.3 is 5.32 Å². The first-order valence-electron chi connectivity index (χ1n) is 9.80. The first kappa shape index (κ1) is 19.5. The molecule has 0 aliphatic carbocycles. The van der Waals surface area contributed by atoms with Crippen LogP contribution in [0.1, 0.15) is 16.8 Å². The average molecular weight is 415 g/mol. The lowest BCUT2D eigenvalue weighted by atomic mass is 10.2. The van der Waals surface area contributed by atoms with E-state index in [9.17, 15) is 4.79 Å². The number of nitrogens with one attached hydrogen (secondary N) is 1. The van der Waals surface area contributed by atoms with Crippen LogP contribution in [-0.2, 0) is 17.8 Å². The van der Waals surface area contributed by atoms with Crippen molar-refractivity contribution in [3.05, 3.63) is 51.7 Å². The molecule has 1 N–H and O–H groups in total. The van der Waals surface area contributed by atoms with Crippen molar-refractivity contribution < 1.29 is 4.79 Å². The van der Waals surface area contributed by atoms with Gasteiger partial charge in [0.05, 0.1) is 22.8 Å². The van der Waals surface area contributed by atoms with Gasteiger partial charge in [-0.3, -0.25) is 14.6 Å². The second kappa shape index (κ2) is 9.13. The number of hydrogen-bond donors (Lipinski definition) is 1. The maximum absolute atomic E-state index is 12.5. The van der Waals surface area contributed by atoms with Crippen LogP contribution in [0.2, 0.25) is 0 Å². The highest BCUT2D eigenvalue weighted by molar-refractivity contribution is 7.18. The van der Waals surface area contributed by atoms with Crippen LogP contribution in [0.15, 0.2) is 41.8 Å². The fourth-order valence-corrected chi connectivity index (χ4v) is 5.28. The molecule has 4 rings (SSSR count). The van der Waals surface area contributed by atoms with Gasteiger partial charge in [-0.25, -0.2) is 4.98 Å². The minimum atomic E-state index is -0.0760. The van der Waals surface area contributed by atoms with Crippen LogP contribution in [0.3, 0.4) is 0 Å². The Balaban J connectivity index is 1.22. The van der Waals surface area contributed by atoms with E-state index in [1.807, 2.05) is 13.0 Å². The standard InChI is InChI=1S/C21H26N4OS2/c1-16(21(26)22-9-8-17-5-4-14-27-17)25-12-10-24(11-13-25)15-20-23-18-6-2-3-7-19(18)28-20/h2-7,14,16H,8-13,15H2,1H3,(H,22,26)/t16-/m0/s1. The molecule has 7 heteroatoms. The molecule has 1 aliphatic heterocycles. The number of hydrogen-bond acceptors (Lipinski definition) is 6. The number of piperazine rings is 1. The predicted octanol–water partition coefficient (Wildman–Crippen LogP) is 3.22. The molecule has 1 fully saturated rings. The average Bonchev–Trinajstić information content (AvgIpc) is 3.37. The molecule has 2 aromatic heterocycles. The number of rotatable bonds is 7. The van der Waals surface area contributed by atoms with Crippen LogP contribution >= 0.6 is 22.7 Å². The van der Waals surface area contributed by atoms with E-state index in [-0.39, 0.29) is 11.9 Å². The second-order valence-electron chi connectivity index (χ2n) is 7.18. The largest absolute Gasteiger partial charge is 0.354 e. The summed E-state index contributed by atoms with van der Waals surface area (Å²) in [6.45, 7) is 7.42. The van der Waals surface area contributed by atoms with E-state index in [1.165, 1.54) is 14.6 Å². The van der Waals surface area contributed by atoms with E-state index in [1.54, 1.807) is 22.7 Å². The Morgan fingerprint density at radius 3 is 2.75 bits per heavy atom. The van der Waals surface area contributed by atoms with Crippen molar-refractivity contribution in [1.82, 2.24) is 20.1 Å².